The van der Waals surface area contributed by atoms with E-state index in [-0.39, 0.29) is 5.92 Å². The van der Waals surface area contributed by atoms with E-state index < -0.39 is 12.0 Å². The summed E-state index contributed by atoms with van der Waals surface area (Å²) >= 11 is 0. The highest BCUT2D eigenvalue weighted by Crippen LogP contribution is 2.14. The van der Waals surface area contributed by atoms with Crippen LogP contribution in [0.5, 0.6) is 0 Å². The molecule has 2 atom stereocenters. The van der Waals surface area contributed by atoms with Crippen molar-refractivity contribution < 1.29 is 9.90 Å². The summed E-state index contributed by atoms with van der Waals surface area (Å²) in [6, 6.07) is 8.91. The number of nitrogens with one attached hydrogen (secondary N) is 1. The monoisotopic (exact) mass is 207 g/mol. The maximum atomic E-state index is 11.0. The number of hydrogen-bond donors (Lipinski definition) is 2. The fraction of sp³-hybridized carbons (Fsp3) is 0.417. The maximum absolute atomic E-state index is 11.0. The van der Waals surface area contributed by atoms with E-state index in [1.54, 1.807) is 0 Å². The zero-order valence-corrected chi connectivity index (χ0v) is 9.10. The number of hydrogen-bond acceptors (Lipinski definition) is 2. The van der Waals surface area contributed by atoms with Crippen molar-refractivity contribution in [2.75, 3.05) is 5.32 Å². The van der Waals surface area contributed by atoms with E-state index in [0.717, 1.165) is 12.1 Å². The van der Waals surface area contributed by atoms with Crippen molar-refractivity contribution in [1.29, 1.82) is 0 Å². The molecule has 1 aromatic rings. The molecule has 15 heavy (non-hydrogen) atoms. The van der Waals surface area contributed by atoms with Crippen LogP contribution in [0.25, 0.3) is 0 Å². The van der Waals surface area contributed by atoms with Gasteiger partial charge in [-0.2, -0.15) is 0 Å². The fourth-order valence-electron chi connectivity index (χ4n) is 1.40. The van der Waals surface area contributed by atoms with Gasteiger partial charge in [-0.25, -0.2) is 4.79 Å². The van der Waals surface area contributed by atoms with Crippen molar-refractivity contribution in [2.45, 2.75) is 26.3 Å². The molecule has 0 aliphatic heterocycles. The van der Waals surface area contributed by atoms with Crippen LogP contribution in [-0.2, 0) is 4.79 Å². The van der Waals surface area contributed by atoms with Crippen molar-refractivity contribution >= 4 is 11.7 Å². The highest BCUT2D eigenvalue weighted by Gasteiger charge is 2.22. The first-order valence-corrected chi connectivity index (χ1v) is 5.19. The molecule has 1 aromatic carbocycles. The van der Waals surface area contributed by atoms with E-state index in [4.69, 9.17) is 5.11 Å². The lowest BCUT2D eigenvalue weighted by Crippen LogP contribution is -2.35. The second kappa shape index (κ2) is 5.39. The highest BCUT2D eigenvalue weighted by atomic mass is 16.4. The fourth-order valence-corrected chi connectivity index (χ4v) is 1.40. The van der Waals surface area contributed by atoms with E-state index in [1.165, 1.54) is 0 Å². The molecule has 0 saturated heterocycles. The Morgan fingerprint density at radius 3 is 2.47 bits per heavy atom. The minimum atomic E-state index is -0.798. The molecule has 0 heterocycles. The summed E-state index contributed by atoms with van der Waals surface area (Å²) in [7, 11) is 0. The molecular weight excluding hydrogens is 190 g/mol. The van der Waals surface area contributed by atoms with Gasteiger partial charge in [0.25, 0.3) is 0 Å². The van der Waals surface area contributed by atoms with Gasteiger partial charge in [0, 0.05) is 5.69 Å². The zero-order chi connectivity index (χ0) is 11.3. The predicted octanol–water partition coefficient (Wildman–Crippen LogP) is 2.60. The van der Waals surface area contributed by atoms with Crippen LogP contribution in [0.15, 0.2) is 30.3 Å². The van der Waals surface area contributed by atoms with Gasteiger partial charge in [-0.05, 0) is 18.1 Å². The van der Waals surface area contributed by atoms with Gasteiger partial charge in [0.15, 0.2) is 0 Å². The lowest BCUT2D eigenvalue weighted by atomic mass is 9.99. The first kappa shape index (κ1) is 11.6. The second-order valence-corrected chi connectivity index (χ2v) is 3.71. The summed E-state index contributed by atoms with van der Waals surface area (Å²) in [6.07, 6.45) is 0.844. The van der Waals surface area contributed by atoms with Crippen LogP contribution in [0.1, 0.15) is 20.3 Å². The Hall–Kier alpha value is -1.51. The standard InChI is InChI=1S/C12H17NO2/c1-3-9(2)11(12(14)15)13-10-7-5-4-6-8-10/h4-9,11,13H,3H2,1-2H3,(H,14,15). The van der Waals surface area contributed by atoms with Crippen molar-refractivity contribution in [1.82, 2.24) is 0 Å². The van der Waals surface area contributed by atoms with Crippen molar-refractivity contribution in [3.05, 3.63) is 30.3 Å². The first-order valence-electron chi connectivity index (χ1n) is 5.19. The summed E-state index contributed by atoms with van der Waals surface area (Å²) in [4.78, 5) is 11.0. The predicted molar refractivity (Wildman–Crippen MR) is 60.9 cm³/mol. The van der Waals surface area contributed by atoms with Crippen LogP contribution in [0, 0.1) is 5.92 Å². The Kier molecular flexibility index (Phi) is 4.16. The molecule has 0 radical (unpaired) electrons. The van der Waals surface area contributed by atoms with E-state index in [2.05, 4.69) is 5.32 Å². The number of benzene rings is 1. The number of para-hydroxylation sites is 1. The van der Waals surface area contributed by atoms with Crippen molar-refractivity contribution in [3.8, 4) is 0 Å². The van der Waals surface area contributed by atoms with E-state index in [9.17, 15) is 4.79 Å². The van der Waals surface area contributed by atoms with E-state index in [0.29, 0.717) is 0 Å². The largest absolute Gasteiger partial charge is 0.480 e. The topological polar surface area (TPSA) is 49.3 Å². The van der Waals surface area contributed by atoms with Gasteiger partial charge in [0.05, 0.1) is 0 Å². The van der Waals surface area contributed by atoms with Crippen LogP contribution >= 0.6 is 0 Å². The summed E-state index contributed by atoms with van der Waals surface area (Å²) in [5, 5.41) is 12.1. The Morgan fingerprint density at radius 2 is 2.00 bits per heavy atom. The Morgan fingerprint density at radius 1 is 1.40 bits per heavy atom. The smallest absolute Gasteiger partial charge is 0.326 e. The lowest BCUT2D eigenvalue weighted by Gasteiger charge is -2.21. The average Bonchev–Trinajstić information content (AvgIpc) is 2.26. The van der Waals surface area contributed by atoms with Crippen molar-refractivity contribution in [3.63, 3.8) is 0 Å². The molecule has 0 bridgehead atoms. The van der Waals surface area contributed by atoms with Crippen LogP contribution in [0.3, 0.4) is 0 Å². The average molecular weight is 207 g/mol. The third-order valence-electron chi connectivity index (χ3n) is 2.57. The third kappa shape index (κ3) is 3.27. The highest BCUT2D eigenvalue weighted by molar-refractivity contribution is 5.77. The number of rotatable bonds is 5. The molecule has 3 heteroatoms. The molecule has 2 unspecified atom stereocenters. The molecule has 0 aliphatic carbocycles. The van der Waals surface area contributed by atoms with Crippen LogP contribution < -0.4 is 5.32 Å². The van der Waals surface area contributed by atoms with Gasteiger partial charge in [-0.1, -0.05) is 38.5 Å². The molecule has 0 aliphatic rings. The zero-order valence-electron chi connectivity index (χ0n) is 9.10. The molecule has 0 spiro atoms. The van der Waals surface area contributed by atoms with Gasteiger partial charge < -0.3 is 10.4 Å². The lowest BCUT2D eigenvalue weighted by molar-refractivity contribution is -0.139. The molecule has 0 fully saturated rings. The summed E-state index contributed by atoms with van der Waals surface area (Å²) < 4.78 is 0. The first-order chi connectivity index (χ1) is 7.15. The Labute approximate surface area is 90.1 Å². The molecule has 1 rings (SSSR count). The Balaban J connectivity index is 2.71. The van der Waals surface area contributed by atoms with Gasteiger partial charge in [-0.15, -0.1) is 0 Å². The SMILES string of the molecule is CCC(C)C(Nc1ccccc1)C(=O)O. The van der Waals surface area contributed by atoms with Crippen molar-refractivity contribution in [2.24, 2.45) is 5.92 Å². The minimum absolute atomic E-state index is 0.114. The second-order valence-electron chi connectivity index (χ2n) is 3.71. The molecule has 3 nitrogen and oxygen atoms in total. The quantitative estimate of drug-likeness (QED) is 0.780. The Bertz CT molecular complexity index is 311. The van der Waals surface area contributed by atoms with Crippen LogP contribution in [0.2, 0.25) is 0 Å². The van der Waals surface area contributed by atoms with Gasteiger partial charge >= 0.3 is 5.97 Å². The van der Waals surface area contributed by atoms with Gasteiger partial charge in [0.2, 0.25) is 0 Å². The van der Waals surface area contributed by atoms with E-state index in [1.807, 2.05) is 44.2 Å². The number of carboxylic acids is 1. The van der Waals surface area contributed by atoms with Crippen LogP contribution in [0.4, 0.5) is 5.69 Å². The van der Waals surface area contributed by atoms with E-state index >= 15 is 0 Å². The molecule has 0 saturated carbocycles. The third-order valence-corrected chi connectivity index (χ3v) is 2.57. The summed E-state index contributed by atoms with van der Waals surface area (Å²) in [5.41, 5.74) is 0.852. The normalized spacial score (nSPS) is 14.3. The number of carbonyl (C=O) groups is 1. The van der Waals surface area contributed by atoms with Gasteiger partial charge in [0.1, 0.15) is 6.04 Å². The number of aliphatic carboxylic acids is 1. The molecule has 2 N–H and O–H groups in total. The molecule has 0 aromatic heterocycles. The number of anilines is 1. The molecule has 0 amide bonds. The van der Waals surface area contributed by atoms with Crippen LogP contribution in [-0.4, -0.2) is 17.1 Å². The summed E-state index contributed by atoms with van der Waals surface area (Å²) in [6.45, 7) is 3.93. The maximum Gasteiger partial charge on any atom is 0.326 e. The number of carboxylic acid groups (broad SMARTS) is 1. The minimum Gasteiger partial charge on any atom is -0.480 e. The molecular formula is C12H17NO2. The molecule has 82 valence electrons. The summed E-state index contributed by atoms with van der Waals surface area (Å²) in [5.74, 6) is -0.684. The van der Waals surface area contributed by atoms with Gasteiger partial charge in [-0.3, -0.25) is 0 Å².